The molecule has 0 fully saturated rings. The highest BCUT2D eigenvalue weighted by Crippen LogP contribution is 2.06. The maximum atomic E-state index is 13.1. The second kappa shape index (κ2) is 9.82. The van der Waals surface area contributed by atoms with Crippen LogP contribution in [-0.2, 0) is 16.0 Å². The fourth-order valence-corrected chi connectivity index (χ4v) is 2.23. The highest BCUT2D eigenvalue weighted by molar-refractivity contribution is 5.78. The van der Waals surface area contributed by atoms with Gasteiger partial charge in [-0.05, 0) is 37.0 Å². The van der Waals surface area contributed by atoms with Gasteiger partial charge in [-0.25, -0.2) is 9.18 Å². The monoisotopic (exact) mass is 324 g/mol. The molecule has 1 atom stereocenters. The molecule has 1 aromatic carbocycles. The van der Waals surface area contributed by atoms with Crippen LogP contribution in [0.2, 0.25) is 0 Å². The highest BCUT2D eigenvalue weighted by Gasteiger charge is 2.16. The molecule has 1 aromatic rings. The van der Waals surface area contributed by atoms with E-state index in [1.165, 1.54) is 12.1 Å². The van der Waals surface area contributed by atoms with Crippen molar-refractivity contribution in [3.8, 4) is 0 Å². The zero-order valence-electron chi connectivity index (χ0n) is 13.9. The van der Waals surface area contributed by atoms with Crippen LogP contribution in [0, 0.1) is 11.7 Å². The molecule has 128 valence electrons. The molecule has 0 bridgehead atoms. The highest BCUT2D eigenvalue weighted by atomic mass is 19.1. The summed E-state index contributed by atoms with van der Waals surface area (Å²) in [5, 5.41) is 5.51. The Morgan fingerprint density at radius 2 is 2.04 bits per heavy atom. The summed E-state index contributed by atoms with van der Waals surface area (Å²) in [5.41, 5.74) is 0.612. The number of benzene rings is 1. The third-order valence-corrected chi connectivity index (χ3v) is 3.15. The molecule has 0 aromatic heterocycles. The van der Waals surface area contributed by atoms with E-state index in [1.54, 1.807) is 19.1 Å². The largest absolute Gasteiger partial charge is 0.450 e. The minimum Gasteiger partial charge on any atom is -0.450 e. The zero-order chi connectivity index (χ0) is 17.2. The number of nitrogens with one attached hydrogen (secondary N) is 2. The Balaban J connectivity index is 2.49. The predicted molar refractivity (Wildman–Crippen MR) is 86.5 cm³/mol. The maximum Gasteiger partial charge on any atom is 0.407 e. The van der Waals surface area contributed by atoms with E-state index in [1.807, 2.05) is 13.8 Å². The lowest BCUT2D eigenvalue weighted by molar-refractivity contribution is -0.120. The Kier molecular flexibility index (Phi) is 8.08. The first-order valence-corrected chi connectivity index (χ1v) is 7.85. The molecular formula is C17H25FN2O3. The molecule has 23 heavy (non-hydrogen) atoms. The van der Waals surface area contributed by atoms with Crippen molar-refractivity contribution in [3.05, 3.63) is 35.6 Å². The van der Waals surface area contributed by atoms with Crippen LogP contribution in [0.4, 0.5) is 9.18 Å². The van der Waals surface area contributed by atoms with E-state index in [9.17, 15) is 14.0 Å². The van der Waals surface area contributed by atoms with Gasteiger partial charge in [-0.1, -0.05) is 26.0 Å². The van der Waals surface area contributed by atoms with Crippen LogP contribution >= 0.6 is 0 Å². The van der Waals surface area contributed by atoms with Crippen molar-refractivity contribution in [2.24, 2.45) is 5.92 Å². The minimum atomic E-state index is -0.488. The number of alkyl carbamates (subject to hydrolysis) is 1. The fraction of sp³-hybridized carbons (Fsp3) is 0.529. The number of carbonyl (C=O) groups excluding carboxylic acids is 2. The first-order valence-electron chi connectivity index (χ1n) is 7.85. The van der Waals surface area contributed by atoms with Crippen LogP contribution in [0.3, 0.4) is 0 Å². The number of amides is 2. The van der Waals surface area contributed by atoms with Gasteiger partial charge in [0.2, 0.25) is 5.91 Å². The number of hydrogen-bond donors (Lipinski definition) is 2. The molecular weight excluding hydrogens is 299 g/mol. The van der Waals surface area contributed by atoms with Gasteiger partial charge >= 0.3 is 6.09 Å². The van der Waals surface area contributed by atoms with Crippen LogP contribution in [-0.4, -0.2) is 31.2 Å². The van der Waals surface area contributed by atoms with Crippen molar-refractivity contribution in [2.75, 3.05) is 13.2 Å². The SMILES string of the molecule is CCOC(=O)N[C@H](CNC(=O)Cc1cccc(F)c1)CC(C)C. The topological polar surface area (TPSA) is 67.4 Å². The maximum absolute atomic E-state index is 13.1. The Bertz CT molecular complexity index is 520. The molecule has 0 spiro atoms. The Morgan fingerprint density at radius 1 is 1.30 bits per heavy atom. The summed E-state index contributed by atoms with van der Waals surface area (Å²) < 4.78 is 18.0. The zero-order valence-corrected chi connectivity index (χ0v) is 13.9. The lowest BCUT2D eigenvalue weighted by Gasteiger charge is -2.20. The average molecular weight is 324 g/mol. The first-order chi connectivity index (χ1) is 10.9. The molecule has 2 amide bonds. The van der Waals surface area contributed by atoms with Crippen molar-refractivity contribution in [3.63, 3.8) is 0 Å². The quantitative estimate of drug-likeness (QED) is 0.772. The van der Waals surface area contributed by atoms with Gasteiger partial charge in [0.05, 0.1) is 13.0 Å². The normalized spacial score (nSPS) is 11.9. The predicted octanol–water partition coefficient (Wildman–Crippen LogP) is 2.65. The van der Waals surface area contributed by atoms with Gasteiger partial charge < -0.3 is 15.4 Å². The second-order valence-electron chi connectivity index (χ2n) is 5.80. The number of rotatable bonds is 8. The van der Waals surface area contributed by atoms with E-state index in [0.29, 0.717) is 24.6 Å². The smallest absolute Gasteiger partial charge is 0.407 e. The lowest BCUT2D eigenvalue weighted by Crippen LogP contribution is -2.44. The van der Waals surface area contributed by atoms with Gasteiger partial charge in [-0.15, -0.1) is 0 Å². The van der Waals surface area contributed by atoms with Crippen LogP contribution in [0.5, 0.6) is 0 Å². The summed E-state index contributed by atoms with van der Waals surface area (Å²) in [5.74, 6) is -0.214. The van der Waals surface area contributed by atoms with Gasteiger partial charge in [0.1, 0.15) is 5.82 Å². The van der Waals surface area contributed by atoms with Gasteiger partial charge in [-0.2, -0.15) is 0 Å². The molecule has 0 saturated heterocycles. The van der Waals surface area contributed by atoms with Crippen molar-refractivity contribution in [1.29, 1.82) is 0 Å². The van der Waals surface area contributed by atoms with Crippen molar-refractivity contribution < 1.29 is 18.7 Å². The van der Waals surface area contributed by atoms with E-state index >= 15 is 0 Å². The Hall–Kier alpha value is -2.11. The van der Waals surface area contributed by atoms with Crippen molar-refractivity contribution >= 4 is 12.0 Å². The van der Waals surface area contributed by atoms with E-state index in [0.717, 1.165) is 6.42 Å². The molecule has 0 unspecified atom stereocenters. The Labute approximate surface area is 136 Å². The first kappa shape index (κ1) is 18.9. The summed E-state index contributed by atoms with van der Waals surface area (Å²) in [6, 6.07) is 5.74. The molecule has 0 aliphatic heterocycles. The minimum absolute atomic E-state index is 0.103. The number of hydrogen-bond acceptors (Lipinski definition) is 3. The third kappa shape index (κ3) is 8.18. The number of halogens is 1. The molecule has 6 heteroatoms. The van der Waals surface area contributed by atoms with Crippen LogP contribution in [0.25, 0.3) is 0 Å². The summed E-state index contributed by atoms with van der Waals surface area (Å²) in [6.07, 6.45) is 0.336. The fourth-order valence-electron chi connectivity index (χ4n) is 2.23. The molecule has 0 aliphatic rings. The van der Waals surface area contributed by atoms with E-state index < -0.39 is 6.09 Å². The van der Waals surface area contributed by atoms with Crippen LogP contribution < -0.4 is 10.6 Å². The van der Waals surface area contributed by atoms with E-state index in [4.69, 9.17) is 4.74 Å². The molecule has 0 radical (unpaired) electrons. The lowest BCUT2D eigenvalue weighted by atomic mass is 10.0. The van der Waals surface area contributed by atoms with Gasteiger partial charge in [-0.3, -0.25) is 4.79 Å². The van der Waals surface area contributed by atoms with E-state index in [2.05, 4.69) is 10.6 Å². The van der Waals surface area contributed by atoms with Gasteiger partial charge in [0.25, 0.3) is 0 Å². The molecule has 2 N–H and O–H groups in total. The summed E-state index contributed by atoms with van der Waals surface area (Å²) in [6.45, 7) is 6.41. The standard InChI is InChI=1S/C17H25FN2O3/c1-4-23-17(22)20-15(8-12(2)3)11-19-16(21)10-13-6-5-7-14(18)9-13/h5-7,9,12,15H,4,8,10-11H2,1-3H3,(H,19,21)(H,20,22)/t15-/m0/s1. The van der Waals surface area contributed by atoms with E-state index in [-0.39, 0.29) is 24.2 Å². The van der Waals surface area contributed by atoms with Gasteiger partial charge in [0.15, 0.2) is 0 Å². The molecule has 0 saturated carbocycles. The molecule has 0 heterocycles. The number of ether oxygens (including phenoxy) is 1. The summed E-state index contributed by atoms with van der Waals surface area (Å²) >= 11 is 0. The molecule has 5 nitrogen and oxygen atoms in total. The van der Waals surface area contributed by atoms with Crippen molar-refractivity contribution in [1.82, 2.24) is 10.6 Å². The van der Waals surface area contributed by atoms with Crippen LogP contribution in [0.1, 0.15) is 32.8 Å². The van der Waals surface area contributed by atoms with Crippen LogP contribution in [0.15, 0.2) is 24.3 Å². The second-order valence-corrected chi connectivity index (χ2v) is 5.80. The molecule has 0 aliphatic carbocycles. The summed E-state index contributed by atoms with van der Waals surface area (Å²) in [4.78, 5) is 23.5. The Morgan fingerprint density at radius 3 is 2.65 bits per heavy atom. The number of carbonyl (C=O) groups is 2. The summed E-state index contributed by atoms with van der Waals surface area (Å²) in [7, 11) is 0. The average Bonchev–Trinajstić information content (AvgIpc) is 2.44. The van der Waals surface area contributed by atoms with Crippen molar-refractivity contribution in [2.45, 2.75) is 39.7 Å². The molecule has 1 rings (SSSR count). The third-order valence-electron chi connectivity index (χ3n) is 3.15. The van der Waals surface area contributed by atoms with Gasteiger partial charge in [0, 0.05) is 12.6 Å².